The molecule has 0 spiro atoms. The van der Waals surface area contributed by atoms with E-state index in [9.17, 15) is 0 Å². The van der Waals surface area contributed by atoms with Crippen molar-refractivity contribution in [2.75, 3.05) is 9.80 Å². The third-order valence-corrected chi connectivity index (χ3v) is 13.2. The molecule has 0 aliphatic carbocycles. The van der Waals surface area contributed by atoms with Crippen LogP contribution in [0.3, 0.4) is 0 Å². The van der Waals surface area contributed by atoms with Crippen molar-refractivity contribution in [2.24, 2.45) is 0 Å². The number of pyridine rings is 1. The summed E-state index contributed by atoms with van der Waals surface area (Å²) in [6, 6.07) is 59.6. The molecule has 0 amide bonds. The second kappa shape index (κ2) is 17.6. The number of ether oxygens (including phenoxy) is 1. The molecule has 0 N–H and O–H groups in total. The fourth-order valence-electron chi connectivity index (χ4n) is 9.48. The minimum Gasteiger partial charge on any atom is -0.509 e. The molecule has 0 bridgehead atoms. The van der Waals surface area contributed by atoms with Gasteiger partial charge in [-0.2, -0.15) is 12.1 Å². The smallest absolute Gasteiger partial charge is 0.136 e. The van der Waals surface area contributed by atoms with Crippen molar-refractivity contribution in [3.63, 3.8) is 0 Å². The van der Waals surface area contributed by atoms with Crippen LogP contribution in [0.4, 0.5) is 22.7 Å². The van der Waals surface area contributed by atoms with Gasteiger partial charge in [-0.15, -0.1) is 48.1 Å². The first kappa shape index (κ1) is 46.7. The summed E-state index contributed by atoms with van der Waals surface area (Å²) in [5, 5.41) is 2.22. The van der Waals surface area contributed by atoms with Gasteiger partial charge in [0, 0.05) is 61.3 Å². The van der Waals surface area contributed by atoms with E-state index in [0.29, 0.717) is 11.5 Å². The molecule has 346 valence electrons. The Morgan fingerprint density at radius 1 is 0.515 bits per heavy atom. The van der Waals surface area contributed by atoms with Crippen LogP contribution >= 0.6 is 0 Å². The van der Waals surface area contributed by atoms with E-state index in [2.05, 4.69) is 237 Å². The summed E-state index contributed by atoms with van der Waals surface area (Å²) in [5.74, 6) is 2.03. The molecular weight excluding hydrogens is 1010 g/mol. The predicted molar refractivity (Wildman–Crippen MR) is 281 cm³/mol. The van der Waals surface area contributed by atoms with Crippen LogP contribution in [0.2, 0.25) is 0 Å². The third kappa shape index (κ3) is 8.78. The standard InChI is InChI=1S/C62H59N4O.Pt/c1-40-30-46(61(6,7)8)31-41(2)59(40)43-28-29-63-58(34-43)66-54-23-16-15-22-52(54)53-26-25-51(38-56(53)66)67-50-21-17-20-48(37-50)64-39-65(57-36-45(60(3,4)5)24-27-55(57)64)49-33-44(42-18-13-12-14-19-42)32-47(35-49)62(9,10)11;/h12-36,39H,1-11H3;/q-3;. The van der Waals surface area contributed by atoms with Gasteiger partial charge < -0.3 is 19.1 Å². The van der Waals surface area contributed by atoms with Crippen LogP contribution in [0.1, 0.15) is 90.1 Å². The Morgan fingerprint density at radius 3 is 1.91 bits per heavy atom. The van der Waals surface area contributed by atoms with Crippen molar-refractivity contribution in [2.45, 2.75) is 92.4 Å². The van der Waals surface area contributed by atoms with Crippen molar-refractivity contribution in [1.82, 2.24) is 9.55 Å². The molecule has 0 fully saturated rings. The number of hydrogen-bond acceptors (Lipinski definition) is 4. The number of para-hydroxylation sites is 1. The summed E-state index contributed by atoms with van der Waals surface area (Å²) in [7, 11) is 0. The Labute approximate surface area is 417 Å². The molecule has 0 saturated carbocycles. The third-order valence-electron chi connectivity index (χ3n) is 13.2. The van der Waals surface area contributed by atoms with E-state index >= 15 is 0 Å². The van der Waals surface area contributed by atoms with Crippen molar-refractivity contribution in [3.8, 4) is 39.6 Å². The van der Waals surface area contributed by atoms with Gasteiger partial charge in [0.15, 0.2) is 0 Å². The van der Waals surface area contributed by atoms with Gasteiger partial charge in [0.2, 0.25) is 0 Å². The van der Waals surface area contributed by atoms with E-state index < -0.39 is 0 Å². The number of hydrogen-bond donors (Lipinski definition) is 0. The molecule has 7 aromatic carbocycles. The maximum Gasteiger partial charge on any atom is 0.136 e. The first-order valence-electron chi connectivity index (χ1n) is 23.4. The maximum absolute atomic E-state index is 6.72. The Balaban J connectivity index is 0.00000578. The normalized spacial score (nSPS) is 13.0. The molecule has 10 rings (SSSR count). The van der Waals surface area contributed by atoms with Crippen LogP contribution in [0.15, 0.2) is 152 Å². The molecule has 1 aliphatic heterocycles. The van der Waals surface area contributed by atoms with Gasteiger partial charge in [0.25, 0.3) is 0 Å². The Hall–Kier alpha value is -6.42. The second-order valence-corrected chi connectivity index (χ2v) is 21.3. The van der Waals surface area contributed by atoms with E-state index in [-0.39, 0.29) is 37.3 Å². The molecular formula is C62H59N4OPt-3. The van der Waals surface area contributed by atoms with Gasteiger partial charge >= 0.3 is 0 Å². The average Bonchev–Trinajstić information content (AvgIpc) is 3.84. The van der Waals surface area contributed by atoms with E-state index in [1.54, 1.807) is 0 Å². The predicted octanol–water partition coefficient (Wildman–Crippen LogP) is 16.8. The molecule has 0 unspecified atom stereocenters. The van der Waals surface area contributed by atoms with E-state index in [1.165, 1.54) is 44.5 Å². The largest absolute Gasteiger partial charge is 0.509 e. The maximum atomic E-state index is 6.72. The number of aromatic nitrogens is 2. The molecule has 1 aliphatic rings. The second-order valence-electron chi connectivity index (χ2n) is 21.3. The topological polar surface area (TPSA) is 33.5 Å². The van der Waals surface area contributed by atoms with Crippen molar-refractivity contribution < 1.29 is 25.8 Å². The van der Waals surface area contributed by atoms with E-state index in [4.69, 9.17) is 9.72 Å². The number of rotatable bonds is 7. The molecule has 2 aromatic heterocycles. The Kier molecular flexibility index (Phi) is 12.1. The first-order valence-corrected chi connectivity index (χ1v) is 23.4. The van der Waals surface area contributed by atoms with Gasteiger partial charge in [0.1, 0.15) is 5.82 Å². The van der Waals surface area contributed by atoms with Crippen LogP contribution in [-0.4, -0.2) is 9.55 Å². The number of anilines is 4. The number of nitrogens with zero attached hydrogens (tertiary/aromatic N) is 4. The molecule has 0 saturated heterocycles. The van der Waals surface area contributed by atoms with Crippen LogP contribution in [0, 0.1) is 32.6 Å². The molecule has 9 aromatic rings. The summed E-state index contributed by atoms with van der Waals surface area (Å²) in [4.78, 5) is 9.54. The Morgan fingerprint density at radius 2 is 1.19 bits per heavy atom. The summed E-state index contributed by atoms with van der Waals surface area (Å²) < 4.78 is 8.93. The monoisotopic (exact) mass is 1070 g/mol. The van der Waals surface area contributed by atoms with Crippen LogP contribution in [0.5, 0.6) is 11.5 Å². The molecule has 3 heterocycles. The first-order chi connectivity index (χ1) is 31.9. The molecule has 0 radical (unpaired) electrons. The fraction of sp³-hybridized carbons (Fsp3) is 0.226. The van der Waals surface area contributed by atoms with Gasteiger partial charge in [-0.05, 0) is 128 Å². The number of fused-ring (bicyclic) bond motifs is 4. The SMILES string of the molecule is Cc1cc(C(C)(C)C)cc(C)c1-c1ccnc(-n2c3[c-]c(Oc4[c-]c(N5[CH-]N(c6cc(-c7ccccc7)cc(C(C)(C)C)c6)c6cc(C(C)(C)C)ccc65)ccc4)ccc3c3ccccc32)c1.[Pt]. The van der Waals surface area contributed by atoms with Gasteiger partial charge in [-0.3, -0.25) is 0 Å². The van der Waals surface area contributed by atoms with E-state index in [1.807, 2.05) is 24.4 Å². The van der Waals surface area contributed by atoms with Crippen molar-refractivity contribution >= 4 is 44.6 Å². The number of benzene rings is 7. The average molecular weight is 1070 g/mol. The van der Waals surface area contributed by atoms with Crippen molar-refractivity contribution in [1.29, 1.82) is 0 Å². The zero-order valence-corrected chi connectivity index (χ0v) is 43.3. The zero-order chi connectivity index (χ0) is 47.0. The van der Waals surface area contributed by atoms with Crippen LogP contribution < -0.4 is 14.5 Å². The van der Waals surface area contributed by atoms with Crippen LogP contribution in [-0.2, 0) is 37.3 Å². The summed E-state index contributed by atoms with van der Waals surface area (Å²) >= 11 is 0. The van der Waals surface area contributed by atoms with Gasteiger partial charge in [-0.25, -0.2) is 4.98 Å². The van der Waals surface area contributed by atoms with Gasteiger partial charge in [-0.1, -0.05) is 141 Å². The zero-order valence-electron chi connectivity index (χ0n) is 41.0. The number of aryl methyl sites for hydroxylation is 2. The minimum absolute atomic E-state index is 0. The summed E-state index contributed by atoms with van der Waals surface area (Å²) in [6.07, 6.45) is 1.92. The molecule has 5 nitrogen and oxygen atoms in total. The van der Waals surface area contributed by atoms with Crippen molar-refractivity contribution in [3.05, 3.63) is 198 Å². The molecule has 68 heavy (non-hydrogen) atoms. The van der Waals surface area contributed by atoms with Gasteiger partial charge in [0.05, 0.1) is 0 Å². The Bertz CT molecular complexity index is 3320. The minimum atomic E-state index is -0.0550. The summed E-state index contributed by atoms with van der Waals surface area (Å²) in [6.45, 7) is 27.1. The molecule has 6 heteroatoms. The van der Waals surface area contributed by atoms with E-state index in [0.717, 1.165) is 55.9 Å². The quantitative estimate of drug-likeness (QED) is 0.149. The van der Waals surface area contributed by atoms with Crippen LogP contribution in [0.25, 0.3) is 49.9 Å². The fourth-order valence-corrected chi connectivity index (χ4v) is 9.48. The summed E-state index contributed by atoms with van der Waals surface area (Å²) in [5.41, 5.74) is 17.3. The molecule has 0 atom stereocenters.